The van der Waals surface area contributed by atoms with Crippen molar-refractivity contribution in [3.8, 4) is 0 Å². The van der Waals surface area contributed by atoms with Crippen LogP contribution in [0, 0.1) is 5.41 Å². The van der Waals surface area contributed by atoms with Gasteiger partial charge in [-0.05, 0) is 0 Å². The highest BCUT2D eigenvalue weighted by Crippen LogP contribution is 2.20. The van der Waals surface area contributed by atoms with Crippen LogP contribution >= 0.6 is 0 Å². The molecule has 0 saturated carbocycles. The summed E-state index contributed by atoms with van der Waals surface area (Å²) < 4.78 is 5.02. The van der Waals surface area contributed by atoms with E-state index in [1.807, 2.05) is 0 Å². The Bertz CT molecular complexity index is 85.5. The molecule has 3 nitrogen and oxygen atoms in total. The highest BCUT2D eigenvalue weighted by molar-refractivity contribution is 4.92. The highest BCUT2D eigenvalue weighted by Gasteiger charge is 2.35. The molecule has 3 N–H and O–H groups in total. The lowest BCUT2D eigenvalue weighted by molar-refractivity contribution is 0.0443. The number of hydrogen-bond acceptors (Lipinski definition) is 3. The van der Waals surface area contributed by atoms with Gasteiger partial charge in [0.15, 0.2) is 0 Å². The van der Waals surface area contributed by atoms with Gasteiger partial charge in [-0.25, -0.2) is 0 Å². The van der Waals surface area contributed by atoms with Gasteiger partial charge in [0.05, 0.1) is 6.61 Å². The van der Waals surface area contributed by atoms with Gasteiger partial charge in [0.1, 0.15) is 0 Å². The third kappa shape index (κ3) is 1.23. The molecule has 0 aromatic heterocycles. The molecule has 54 valence electrons. The topological polar surface area (TPSA) is 47.3 Å². The minimum Gasteiger partial charge on any atom is -0.384 e. The van der Waals surface area contributed by atoms with E-state index in [0.29, 0.717) is 0 Å². The van der Waals surface area contributed by atoms with Crippen LogP contribution in [-0.4, -0.2) is 33.4 Å². The summed E-state index contributed by atoms with van der Waals surface area (Å²) in [6.45, 7) is 3.54. The van der Waals surface area contributed by atoms with E-state index in [0.717, 1.165) is 26.2 Å². The predicted octanol–water partition coefficient (Wildman–Crippen LogP) is -0.819. The van der Waals surface area contributed by atoms with E-state index in [1.165, 1.54) is 0 Å². The first-order valence-electron chi connectivity index (χ1n) is 3.23. The SMILES string of the molecule is COCC1(CN)CNC1. The van der Waals surface area contributed by atoms with Gasteiger partial charge >= 0.3 is 0 Å². The summed E-state index contributed by atoms with van der Waals surface area (Å²) >= 11 is 0. The summed E-state index contributed by atoms with van der Waals surface area (Å²) in [7, 11) is 1.72. The fourth-order valence-corrected chi connectivity index (χ4v) is 1.09. The van der Waals surface area contributed by atoms with Crippen molar-refractivity contribution < 1.29 is 4.74 Å². The van der Waals surface area contributed by atoms with Gasteiger partial charge in [-0.2, -0.15) is 0 Å². The molecule has 1 saturated heterocycles. The average molecular weight is 130 g/mol. The molecular formula is C6H14N2O. The van der Waals surface area contributed by atoms with Gasteiger partial charge in [0, 0.05) is 32.2 Å². The monoisotopic (exact) mass is 130 g/mol. The minimum atomic E-state index is 0.259. The Labute approximate surface area is 55.6 Å². The Hall–Kier alpha value is -0.120. The van der Waals surface area contributed by atoms with Crippen LogP contribution < -0.4 is 11.1 Å². The van der Waals surface area contributed by atoms with E-state index >= 15 is 0 Å². The fourth-order valence-electron chi connectivity index (χ4n) is 1.09. The van der Waals surface area contributed by atoms with Gasteiger partial charge in [0.25, 0.3) is 0 Å². The molecule has 0 aromatic rings. The lowest BCUT2D eigenvalue weighted by Gasteiger charge is -2.40. The van der Waals surface area contributed by atoms with Crippen molar-refractivity contribution in [3.63, 3.8) is 0 Å². The molecule has 1 aliphatic heterocycles. The second kappa shape index (κ2) is 2.64. The Morgan fingerprint density at radius 3 is 2.44 bits per heavy atom. The van der Waals surface area contributed by atoms with Crippen LogP contribution in [0.5, 0.6) is 0 Å². The Morgan fingerprint density at radius 1 is 1.67 bits per heavy atom. The number of nitrogens with one attached hydrogen (secondary N) is 1. The maximum Gasteiger partial charge on any atom is 0.0555 e. The van der Waals surface area contributed by atoms with E-state index in [-0.39, 0.29) is 5.41 Å². The molecule has 1 aliphatic rings. The van der Waals surface area contributed by atoms with Gasteiger partial charge in [-0.1, -0.05) is 0 Å². The van der Waals surface area contributed by atoms with Crippen LogP contribution in [-0.2, 0) is 4.74 Å². The zero-order chi connectivity index (χ0) is 6.74. The third-order valence-corrected chi connectivity index (χ3v) is 1.88. The number of methoxy groups -OCH3 is 1. The maximum absolute atomic E-state index is 5.53. The van der Waals surface area contributed by atoms with Crippen molar-refractivity contribution in [2.75, 3.05) is 33.4 Å². The number of rotatable bonds is 3. The van der Waals surface area contributed by atoms with Crippen LogP contribution in [0.15, 0.2) is 0 Å². The van der Waals surface area contributed by atoms with Crippen molar-refractivity contribution in [1.29, 1.82) is 0 Å². The molecule has 0 aromatic carbocycles. The van der Waals surface area contributed by atoms with Crippen LogP contribution in [0.3, 0.4) is 0 Å². The van der Waals surface area contributed by atoms with Crippen LogP contribution in [0.2, 0.25) is 0 Å². The van der Waals surface area contributed by atoms with Crippen LogP contribution in [0.1, 0.15) is 0 Å². The van der Waals surface area contributed by atoms with E-state index in [4.69, 9.17) is 10.5 Å². The molecule has 0 atom stereocenters. The second-order valence-corrected chi connectivity index (χ2v) is 2.74. The number of ether oxygens (including phenoxy) is 1. The second-order valence-electron chi connectivity index (χ2n) is 2.74. The summed E-state index contributed by atoms with van der Waals surface area (Å²) in [4.78, 5) is 0. The maximum atomic E-state index is 5.53. The molecular weight excluding hydrogens is 116 g/mol. The molecule has 0 bridgehead atoms. The molecule has 0 radical (unpaired) electrons. The first kappa shape index (κ1) is 6.99. The normalized spacial score (nSPS) is 23.3. The summed E-state index contributed by atoms with van der Waals surface area (Å²) in [5.74, 6) is 0. The quantitative estimate of drug-likeness (QED) is 0.525. The Kier molecular flexibility index (Phi) is 2.05. The average Bonchev–Trinajstić information content (AvgIpc) is 1.79. The van der Waals surface area contributed by atoms with Crippen LogP contribution in [0.25, 0.3) is 0 Å². The number of hydrogen-bond donors (Lipinski definition) is 2. The van der Waals surface area contributed by atoms with Gasteiger partial charge in [0.2, 0.25) is 0 Å². The van der Waals surface area contributed by atoms with Crippen molar-refractivity contribution in [2.45, 2.75) is 0 Å². The summed E-state index contributed by atoms with van der Waals surface area (Å²) in [5.41, 5.74) is 5.79. The lowest BCUT2D eigenvalue weighted by Crippen LogP contribution is -2.59. The standard InChI is InChI=1S/C6H14N2O/c1-9-5-6(2-7)3-8-4-6/h8H,2-5,7H2,1H3. The van der Waals surface area contributed by atoms with Crippen molar-refractivity contribution in [3.05, 3.63) is 0 Å². The molecule has 0 aliphatic carbocycles. The van der Waals surface area contributed by atoms with Gasteiger partial charge < -0.3 is 15.8 Å². The van der Waals surface area contributed by atoms with E-state index in [9.17, 15) is 0 Å². The molecule has 1 rings (SSSR count). The van der Waals surface area contributed by atoms with Crippen molar-refractivity contribution in [2.24, 2.45) is 11.1 Å². The van der Waals surface area contributed by atoms with E-state index in [2.05, 4.69) is 5.32 Å². The van der Waals surface area contributed by atoms with Crippen LogP contribution in [0.4, 0.5) is 0 Å². The van der Waals surface area contributed by atoms with Gasteiger partial charge in [-0.3, -0.25) is 0 Å². The minimum absolute atomic E-state index is 0.259. The molecule has 0 unspecified atom stereocenters. The van der Waals surface area contributed by atoms with E-state index < -0.39 is 0 Å². The molecule has 1 fully saturated rings. The summed E-state index contributed by atoms with van der Waals surface area (Å²) in [6.07, 6.45) is 0. The zero-order valence-electron chi connectivity index (χ0n) is 5.81. The van der Waals surface area contributed by atoms with Crippen molar-refractivity contribution >= 4 is 0 Å². The highest BCUT2D eigenvalue weighted by atomic mass is 16.5. The van der Waals surface area contributed by atoms with Gasteiger partial charge in [-0.15, -0.1) is 0 Å². The molecule has 3 heteroatoms. The first-order valence-corrected chi connectivity index (χ1v) is 3.23. The van der Waals surface area contributed by atoms with Crippen molar-refractivity contribution in [1.82, 2.24) is 5.32 Å². The van der Waals surface area contributed by atoms with E-state index in [1.54, 1.807) is 7.11 Å². The number of nitrogens with two attached hydrogens (primary N) is 1. The fraction of sp³-hybridized carbons (Fsp3) is 1.00. The predicted molar refractivity (Wildman–Crippen MR) is 36.2 cm³/mol. The lowest BCUT2D eigenvalue weighted by atomic mass is 9.83. The molecule has 1 heterocycles. The largest absolute Gasteiger partial charge is 0.384 e. The summed E-state index contributed by atoms with van der Waals surface area (Å²) in [5, 5.41) is 3.18. The zero-order valence-corrected chi connectivity index (χ0v) is 5.81. The summed E-state index contributed by atoms with van der Waals surface area (Å²) in [6, 6.07) is 0. The molecule has 0 spiro atoms. The smallest absolute Gasteiger partial charge is 0.0555 e. The molecule has 0 amide bonds. The first-order chi connectivity index (χ1) is 4.33. The Morgan fingerprint density at radius 2 is 2.33 bits per heavy atom. The molecule has 9 heavy (non-hydrogen) atoms. The third-order valence-electron chi connectivity index (χ3n) is 1.88. The Balaban J connectivity index is 2.28.